The Hall–Kier alpha value is -2.89. The fraction of sp³-hybridized carbons (Fsp3) is 0.817. The molecule has 0 saturated heterocycles. The highest BCUT2D eigenvalue weighted by Crippen LogP contribution is 2.18. The normalized spacial score (nSPS) is 12.4. The molecule has 448 valence electrons. The Balaban J connectivity index is 4.31. The van der Waals surface area contributed by atoms with E-state index in [1.165, 1.54) is 205 Å². The van der Waals surface area contributed by atoms with Crippen molar-refractivity contribution >= 4 is 17.9 Å². The van der Waals surface area contributed by atoms with Gasteiger partial charge in [-0.3, -0.25) is 14.4 Å². The molecule has 0 aromatic carbocycles. The number of carbonyl (C=O) groups is 3. The number of rotatable bonds is 62. The van der Waals surface area contributed by atoms with Gasteiger partial charge in [-0.25, -0.2) is 0 Å². The molecule has 1 atom stereocenters. The van der Waals surface area contributed by atoms with Crippen molar-refractivity contribution in [2.75, 3.05) is 13.2 Å². The van der Waals surface area contributed by atoms with E-state index < -0.39 is 6.10 Å². The minimum absolute atomic E-state index is 0.0775. The monoisotopic (exact) mass is 1080 g/mol. The molecule has 0 radical (unpaired) electrons. The molecule has 0 heterocycles. The third kappa shape index (κ3) is 63.8. The molecule has 1 unspecified atom stereocenters. The zero-order valence-corrected chi connectivity index (χ0v) is 51.5. The van der Waals surface area contributed by atoms with Gasteiger partial charge in [-0.1, -0.05) is 332 Å². The molecule has 0 spiro atoms. The Morgan fingerprint density at radius 1 is 0.273 bits per heavy atom. The fourth-order valence-electron chi connectivity index (χ4n) is 10.0. The summed E-state index contributed by atoms with van der Waals surface area (Å²) in [5.41, 5.74) is 0. The van der Waals surface area contributed by atoms with Gasteiger partial charge in [-0.05, 0) is 64.2 Å². The lowest BCUT2D eigenvalue weighted by molar-refractivity contribution is -0.167. The van der Waals surface area contributed by atoms with Gasteiger partial charge in [0.15, 0.2) is 6.10 Å². The molecule has 0 amide bonds. The van der Waals surface area contributed by atoms with Crippen molar-refractivity contribution < 1.29 is 28.6 Å². The Morgan fingerprint density at radius 3 is 0.792 bits per heavy atom. The van der Waals surface area contributed by atoms with E-state index in [4.69, 9.17) is 14.2 Å². The predicted molar refractivity (Wildman–Crippen MR) is 335 cm³/mol. The third-order valence-electron chi connectivity index (χ3n) is 15.0. The Bertz CT molecular complexity index is 1380. The number of carbonyl (C=O) groups excluding carboxylic acids is 3. The van der Waals surface area contributed by atoms with Crippen molar-refractivity contribution in [3.63, 3.8) is 0 Å². The van der Waals surface area contributed by atoms with E-state index in [1.54, 1.807) is 0 Å². The predicted octanol–water partition coefficient (Wildman–Crippen LogP) is 23.1. The second kappa shape index (κ2) is 65.6. The molecule has 0 aliphatic carbocycles. The molecule has 6 heteroatoms. The van der Waals surface area contributed by atoms with Gasteiger partial charge in [0.05, 0.1) is 0 Å². The summed E-state index contributed by atoms with van der Waals surface area (Å²) < 4.78 is 17.0. The van der Waals surface area contributed by atoms with Crippen LogP contribution in [0.1, 0.15) is 355 Å². The summed E-state index contributed by atoms with van der Waals surface area (Å²) in [6.07, 6.45) is 83.8. The molecule has 6 nitrogen and oxygen atoms in total. The van der Waals surface area contributed by atoms with Gasteiger partial charge >= 0.3 is 17.9 Å². The van der Waals surface area contributed by atoms with Crippen molar-refractivity contribution in [3.8, 4) is 0 Å². The van der Waals surface area contributed by atoms with Crippen LogP contribution in [0.3, 0.4) is 0 Å². The van der Waals surface area contributed by atoms with Gasteiger partial charge in [-0.2, -0.15) is 0 Å². The van der Waals surface area contributed by atoms with Gasteiger partial charge in [0.25, 0.3) is 0 Å². The number of esters is 3. The molecule has 0 N–H and O–H groups in total. The van der Waals surface area contributed by atoms with E-state index in [-0.39, 0.29) is 31.1 Å². The van der Waals surface area contributed by atoms with Crippen LogP contribution in [-0.4, -0.2) is 37.2 Å². The molecule has 0 saturated carbocycles. The highest BCUT2D eigenvalue weighted by molar-refractivity contribution is 5.71. The Kier molecular flexibility index (Phi) is 63.2. The Labute approximate surface area is 479 Å². The largest absolute Gasteiger partial charge is 0.462 e. The number of hydrogen-bond acceptors (Lipinski definition) is 6. The lowest BCUT2D eigenvalue weighted by Crippen LogP contribution is -2.30. The summed E-state index contributed by atoms with van der Waals surface area (Å²) in [5.74, 6) is -0.873. The second-order valence-corrected chi connectivity index (χ2v) is 22.7. The number of unbranched alkanes of at least 4 members (excludes halogenated alkanes) is 41. The van der Waals surface area contributed by atoms with Crippen LogP contribution < -0.4 is 0 Å². The summed E-state index contributed by atoms with van der Waals surface area (Å²) >= 11 is 0. The summed E-state index contributed by atoms with van der Waals surface area (Å²) in [5, 5.41) is 0. The van der Waals surface area contributed by atoms with Crippen molar-refractivity contribution in [2.45, 2.75) is 361 Å². The average Bonchev–Trinajstić information content (AvgIpc) is 3.43. The SMILES string of the molecule is CC/C=C\C/C=C\C/C=C\C/C=C\C/C=C\CCCCCCCC(=O)OC(COC(=O)CCCCCCCCCCCCCCCC)COC(=O)CCCCCCCCCCCCCCCCCCCCCCCCCC. The number of ether oxygens (including phenoxy) is 3. The first-order valence-corrected chi connectivity index (χ1v) is 33.8. The first-order chi connectivity index (χ1) is 38.0. The van der Waals surface area contributed by atoms with E-state index in [9.17, 15) is 14.4 Å². The van der Waals surface area contributed by atoms with E-state index in [1.807, 2.05) is 0 Å². The molecular formula is C71H128O6. The minimum atomic E-state index is -0.783. The maximum atomic E-state index is 12.9. The zero-order valence-electron chi connectivity index (χ0n) is 51.5. The highest BCUT2D eigenvalue weighted by Gasteiger charge is 2.19. The first-order valence-electron chi connectivity index (χ1n) is 33.8. The van der Waals surface area contributed by atoms with Crippen molar-refractivity contribution in [1.29, 1.82) is 0 Å². The smallest absolute Gasteiger partial charge is 0.306 e. The summed E-state index contributed by atoms with van der Waals surface area (Å²) in [4.78, 5) is 38.4. The van der Waals surface area contributed by atoms with Crippen LogP contribution >= 0.6 is 0 Å². The van der Waals surface area contributed by atoms with Gasteiger partial charge in [-0.15, -0.1) is 0 Å². The van der Waals surface area contributed by atoms with E-state index in [0.717, 1.165) is 109 Å². The fourth-order valence-corrected chi connectivity index (χ4v) is 10.0. The van der Waals surface area contributed by atoms with Crippen molar-refractivity contribution in [3.05, 3.63) is 60.8 Å². The van der Waals surface area contributed by atoms with E-state index >= 15 is 0 Å². The third-order valence-corrected chi connectivity index (χ3v) is 15.0. The average molecular weight is 1080 g/mol. The highest BCUT2D eigenvalue weighted by atomic mass is 16.6. The van der Waals surface area contributed by atoms with Crippen LogP contribution in [0, 0.1) is 0 Å². The molecule has 0 bridgehead atoms. The second-order valence-electron chi connectivity index (χ2n) is 22.7. The Morgan fingerprint density at radius 2 is 0.506 bits per heavy atom. The van der Waals surface area contributed by atoms with Crippen LogP contribution in [0.25, 0.3) is 0 Å². The molecule has 77 heavy (non-hydrogen) atoms. The van der Waals surface area contributed by atoms with Gasteiger partial charge in [0.2, 0.25) is 0 Å². The van der Waals surface area contributed by atoms with Crippen LogP contribution in [0.2, 0.25) is 0 Å². The maximum Gasteiger partial charge on any atom is 0.306 e. The summed E-state index contributed by atoms with van der Waals surface area (Å²) in [7, 11) is 0. The molecule has 0 aromatic rings. The quantitative estimate of drug-likeness (QED) is 0.0261. The van der Waals surface area contributed by atoms with Gasteiger partial charge in [0, 0.05) is 19.3 Å². The maximum absolute atomic E-state index is 12.9. The molecular weight excluding hydrogens is 949 g/mol. The molecule has 0 fully saturated rings. The van der Waals surface area contributed by atoms with Crippen LogP contribution in [0.5, 0.6) is 0 Å². The standard InChI is InChI=1S/C71H128O6/c1-4-7-10-13-16-19-22-25-28-30-32-34-35-36-38-39-41-43-46-49-52-55-58-61-64-70(73)76-67-68(66-75-69(72)63-60-57-54-51-48-45-27-24-21-18-15-12-9-6-3)77-71(74)65-62-59-56-53-50-47-44-42-40-37-33-31-29-26-23-20-17-14-11-8-5-2/h8,11,17,20,26,29,33,37,42,44,68H,4-7,9-10,12-16,18-19,21-25,27-28,30-32,34-36,38-41,43,45-67H2,1-3H3/b11-8-,20-17-,29-26-,37-33-,44-42-. The summed E-state index contributed by atoms with van der Waals surface area (Å²) in [6, 6.07) is 0. The minimum Gasteiger partial charge on any atom is -0.462 e. The van der Waals surface area contributed by atoms with Gasteiger partial charge < -0.3 is 14.2 Å². The number of allylic oxidation sites excluding steroid dienone is 10. The molecule has 0 aliphatic rings. The first kappa shape index (κ1) is 74.1. The lowest BCUT2D eigenvalue weighted by Gasteiger charge is -2.18. The molecule has 0 aromatic heterocycles. The van der Waals surface area contributed by atoms with E-state index in [0.29, 0.717) is 19.3 Å². The van der Waals surface area contributed by atoms with Crippen molar-refractivity contribution in [1.82, 2.24) is 0 Å². The molecule has 0 aliphatic heterocycles. The van der Waals surface area contributed by atoms with Crippen LogP contribution in [0.15, 0.2) is 60.8 Å². The molecule has 0 rings (SSSR count). The van der Waals surface area contributed by atoms with Gasteiger partial charge in [0.1, 0.15) is 13.2 Å². The lowest BCUT2D eigenvalue weighted by atomic mass is 10.0. The topological polar surface area (TPSA) is 78.9 Å². The van der Waals surface area contributed by atoms with Crippen molar-refractivity contribution in [2.24, 2.45) is 0 Å². The zero-order chi connectivity index (χ0) is 55.7. The number of hydrogen-bond donors (Lipinski definition) is 0. The van der Waals surface area contributed by atoms with E-state index in [2.05, 4.69) is 81.5 Å². The summed E-state index contributed by atoms with van der Waals surface area (Å²) in [6.45, 7) is 6.57. The van der Waals surface area contributed by atoms with Crippen LogP contribution in [0.4, 0.5) is 0 Å². The van der Waals surface area contributed by atoms with Crippen LogP contribution in [-0.2, 0) is 28.6 Å².